The van der Waals surface area contributed by atoms with E-state index in [0.29, 0.717) is 6.42 Å². The summed E-state index contributed by atoms with van der Waals surface area (Å²) >= 11 is 2.96. The molecule has 132 valence electrons. The van der Waals surface area contributed by atoms with Crippen LogP contribution in [0.4, 0.5) is 5.69 Å². The monoisotopic (exact) mass is 382 g/mol. The SMILES string of the molecule is CC(CC#N)Sc1ccccc1NC(=O)CSc1nc2ccccc2[nH]1. The molecule has 0 fully saturated rings. The third-order valence-corrected chi connectivity index (χ3v) is 5.63. The minimum absolute atomic E-state index is 0.0866. The van der Waals surface area contributed by atoms with Gasteiger partial charge in [-0.1, -0.05) is 43.0 Å². The van der Waals surface area contributed by atoms with E-state index < -0.39 is 0 Å². The Morgan fingerprint density at radius 3 is 2.85 bits per heavy atom. The fourth-order valence-electron chi connectivity index (χ4n) is 2.38. The van der Waals surface area contributed by atoms with Crippen molar-refractivity contribution in [1.29, 1.82) is 5.26 Å². The maximum Gasteiger partial charge on any atom is 0.234 e. The number of rotatable bonds is 7. The number of amides is 1. The zero-order chi connectivity index (χ0) is 18.4. The van der Waals surface area contributed by atoms with Crippen LogP contribution in [0.15, 0.2) is 58.6 Å². The summed E-state index contributed by atoms with van der Waals surface area (Å²) < 4.78 is 0. The predicted octanol–water partition coefficient (Wildman–Crippen LogP) is 4.69. The number of benzene rings is 2. The Balaban J connectivity index is 1.60. The normalized spacial score (nSPS) is 11.8. The van der Waals surface area contributed by atoms with Gasteiger partial charge >= 0.3 is 0 Å². The first-order valence-electron chi connectivity index (χ1n) is 8.15. The number of aromatic nitrogens is 2. The van der Waals surface area contributed by atoms with Crippen LogP contribution >= 0.6 is 23.5 Å². The third kappa shape index (κ3) is 4.81. The lowest BCUT2D eigenvalue weighted by atomic mass is 10.3. The average molecular weight is 383 g/mol. The second kappa shape index (κ2) is 8.79. The highest BCUT2D eigenvalue weighted by atomic mass is 32.2. The van der Waals surface area contributed by atoms with Crippen LogP contribution in [-0.4, -0.2) is 26.9 Å². The molecule has 7 heteroatoms. The molecule has 0 aliphatic heterocycles. The van der Waals surface area contributed by atoms with Crippen molar-refractivity contribution in [2.24, 2.45) is 0 Å². The molecular weight excluding hydrogens is 364 g/mol. The van der Waals surface area contributed by atoms with E-state index in [1.165, 1.54) is 11.8 Å². The number of H-pyrrole nitrogens is 1. The molecular formula is C19H18N4OS2. The molecule has 1 unspecified atom stereocenters. The quantitative estimate of drug-likeness (QED) is 0.580. The Kier molecular flexibility index (Phi) is 6.21. The van der Waals surface area contributed by atoms with Crippen LogP contribution in [0.1, 0.15) is 13.3 Å². The van der Waals surface area contributed by atoms with Crippen molar-refractivity contribution in [2.75, 3.05) is 11.1 Å². The first-order valence-corrected chi connectivity index (χ1v) is 10.0. The van der Waals surface area contributed by atoms with Crippen LogP contribution in [0.2, 0.25) is 0 Å². The van der Waals surface area contributed by atoms with E-state index in [-0.39, 0.29) is 16.9 Å². The minimum atomic E-state index is -0.0866. The molecule has 1 aromatic heterocycles. The van der Waals surface area contributed by atoms with Gasteiger partial charge in [0.05, 0.1) is 28.5 Å². The summed E-state index contributed by atoms with van der Waals surface area (Å²) in [5.74, 6) is 0.184. The Hall–Kier alpha value is -2.43. The summed E-state index contributed by atoms with van der Waals surface area (Å²) in [5.41, 5.74) is 2.63. The van der Waals surface area contributed by atoms with Crippen LogP contribution in [0, 0.1) is 11.3 Å². The molecule has 0 radical (unpaired) electrons. The largest absolute Gasteiger partial charge is 0.333 e. The molecule has 3 rings (SSSR count). The second-order valence-corrected chi connectivity index (χ2v) is 8.13. The van der Waals surface area contributed by atoms with Gasteiger partial charge in [0.15, 0.2) is 5.16 Å². The summed E-state index contributed by atoms with van der Waals surface area (Å²) in [6.45, 7) is 2.00. The Morgan fingerprint density at radius 1 is 1.27 bits per heavy atom. The van der Waals surface area contributed by atoms with Gasteiger partial charge in [-0.25, -0.2) is 4.98 Å². The van der Waals surface area contributed by atoms with Gasteiger partial charge in [-0.3, -0.25) is 4.79 Å². The zero-order valence-corrected chi connectivity index (χ0v) is 15.9. The van der Waals surface area contributed by atoms with E-state index >= 15 is 0 Å². The first kappa shape index (κ1) is 18.4. The van der Waals surface area contributed by atoms with Crippen LogP contribution < -0.4 is 5.32 Å². The second-order valence-electron chi connectivity index (χ2n) is 5.68. The molecule has 0 aliphatic rings. The van der Waals surface area contributed by atoms with E-state index in [4.69, 9.17) is 5.26 Å². The van der Waals surface area contributed by atoms with Gasteiger partial charge in [-0.2, -0.15) is 5.26 Å². The Bertz CT molecular complexity index is 915. The van der Waals surface area contributed by atoms with Gasteiger partial charge in [-0.15, -0.1) is 11.8 Å². The van der Waals surface area contributed by atoms with Crippen LogP contribution in [0.5, 0.6) is 0 Å². The smallest absolute Gasteiger partial charge is 0.234 e. The van der Waals surface area contributed by atoms with Crippen molar-refractivity contribution in [3.63, 3.8) is 0 Å². The first-order chi connectivity index (χ1) is 12.7. The molecule has 1 heterocycles. The Morgan fingerprint density at radius 2 is 2.04 bits per heavy atom. The van der Waals surface area contributed by atoms with Crippen molar-refractivity contribution < 1.29 is 4.79 Å². The lowest BCUT2D eigenvalue weighted by Crippen LogP contribution is -2.15. The van der Waals surface area contributed by atoms with Crippen LogP contribution in [0.3, 0.4) is 0 Å². The highest BCUT2D eigenvalue weighted by Crippen LogP contribution is 2.31. The molecule has 0 bridgehead atoms. The molecule has 5 nitrogen and oxygen atoms in total. The summed E-state index contributed by atoms with van der Waals surface area (Å²) in [6, 6.07) is 17.6. The van der Waals surface area contributed by atoms with Gasteiger partial charge in [0.25, 0.3) is 0 Å². The number of carbonyl (C=O) groups is 1. The number of thioether (sulfide) groups is 2. The summed E-state index contributed by atoms with van der Waals surface area (Å²) in [6.07, 6.45) is 0.467. The minimum Gasteiger partial charge on any atom is -0.333 e. The molecule has 2 aromatic carbocycles. The summed E-state index contributed by atoms with van der Waals surface area (Å²) in [4.78, 5) is 21.0. The molecule has 0 aliphatic carbocycles. The maximum atomic E-state index is 12.3. The Labute approximate surface area is 160 Å². The number of para-hydroxylation sites is 3. The number of hydrogen-bond donors (Lipinski definition) is 2. The fraction of sp³-hybridized carbons (Fsp3) is 0.211. The topological polar surface area (TPSA) is 81.6 Å². The molecule has 0 spiro atoms. The van der Waals surface area contributed by atoms with Crippen molar-refractivity contribution >= 4 is 46.2 Å². The lowest BCUT2D eigenvalue weighted by Gasteiger charge is -2.13. The van der Waals surface area contributed by atoms with E-state index in [1.807, 2.05) is 55.5 Å². The number of aromatic amines is 1. The molecule has 0 saturated carbocycles. The lowest BCUT2D eigenvalue weighted by molar-refractivity contribution is -0.113. The molecule has 1 atom stereocenters. The number of fused-ring (bicyclic) bond motifs is 1. The van der Waals surface area contributed by atoms with Crippen LogP contribution in [-0.2, 0) is 4.79 Å². The summed E-state index contributed by atoms with van der Waals surface area (Å²) in [7, 11) is 0. The number of imidazole rings is 1. The fourth-order valence-corrected chi connectivity index (χ4v) is 4.06. The van der Waals surface area contributed by atoms with Crippen molar-refractivity contribution in [3.05, 3.63) is 48.5 Å². The highest BCUT2D eigenvalue weighted by molar-refractivity contribution is 8.00. The van der Waals surface area contributed by atoms with Crippen molar-refractivity contribution in [3.8, 4) is 6.07 Å². The van der Waals surface area contributed by atoms with Gasteiger partial charge in [0, 0.05) is 16.6 Å². The predicted molar refractivity (Wildman–Crippen MR) is 107 cm³/mol. The van der Waals surface area contributed by atoms with Crippen molar-refractivity contribution in [1.82, 2.24) is 9.97 Å². The van der Waals surface area contributed by atoms with Crippen LogP contribution in [0.25, 0.3) is 11.0 Å². The maximum absolute atomic E-state index is 12.3. The van der Waals surface area contributed by atoms with Gasteiger partial charge in [-0.05, 0) is 24.3 Å². The number of carbonyl (C=O) groups excluding carboxylic acids is 1. The standard InChI is InChI=1S/C19H18N4OS2/c1-13(10-11-20)26-17-9-5-4-8-16(17)21-18(24)12-25-19-22-14-6-2-3-7-15(14)23-19/h2-9,13H,10,12H2,1H3,(H,21,24)(H,22,23). The molecule has 3 aromatic rings. The van der Waals surface area contributed by atoms with E-state index in [2.05, 4.69) is 21.4 Å². The number of nitrogens with zero attached hydrogens (tertiary/aromatic N) is 2. The van der Waals surface area contributed by atoms with Gasteiger partial charge in [0.2, 0.25) is 5.91 Å². The number of nitriles is 1. The average Bonchev–Trinajstić information content (AvgIpc) is 3.05. The number of anilines is 1. The van der Waals surface area contributed by atoms with E-state index in [1.54, 1.807) is 11.8 Å². The third-order valence-electron chi connectivity index (χ3n) is 3.58. The highest BCUT2D eigenvalue weighted by Gasteiger charge is 2.12. The summed E-state index contributed by atoms with van der Waals surface area (Å²) in [5, 5.41) is 12.7. The van der Waals surface area contributed by atoms with Crippen molar-refractivity contribution in [2.45, 2.75) is 28.6 Å². The van der Waals surface area contributed by atoms with Gasteiger partial charge < -0.3 is 10.3 Å². The molecule has 26 heavy (non-hydrogen) atoms. The molecule has 2 N–H and O–H groups in total. The van der Waals surface area contributed by atoms with Gasteiger partial charge in [0.1, 0.15) is 0 Å². The number of nitrogens with one attached hydrogen (secondary N) is 2. The van der Waals surface area contributed by atoms with E-state index in [0.717, 1.165) is 26.8 Å². The zero-order valence-electron chi connectivity index (χ0n) is 14.2. The molecule has 0 saturated heterocycles. The number of hydrogen-bond acceptors (Lipinski definition) is 5. The molecule has 1 amide bonds. The van der Waals surface area contributed by atoms with E-state index in [9.17, 15) is 4.79 Å².